The number of hydrogen-bond donors (Lipinski definition) is 2. The fraction of sp³-hybridized carbons (Fsp3) is 1.00. The fourth-order valence-corrected chi connectivity index (χ4v) is 2.10. The van der Waals surface area contributed by atoms with E-state index < -0.39 is 11.2 Å². The van der Waals surface area contributed by atoms with Crippen molar-refractivity contribution in [3.05, 3.63) is 0 Å². The Labute approximate surface area is 68.2 Å². The first kappa shape index (κ1) is 9.01. The first-order chi connectivity index (χ1) is 4.71. The van der Waals surface area contributed by atoms with E-state index in [-0.39, 0.29) is 5.41 Å². The summed E-state index contributed by atoms with van der Waals surface area (Å²) in [6.45, 7) is 7.10. The lowest BCUT2D eigenvalue weighted by Crippen LogP contribution is -2.47. The molecule has 11 heavy (non-hydrogen) atoms. The summed E-state index contributed by atoms with van der Waals surface area (Å²) >= 11 is 0. The highest BCUT2D eigenvalue weighted by Gasteiger charge is 2.62. The molecule has 0 saturated heterocycles. The van der Waals surface area contributed by atoms with Crippen molar-refractivity contribution in [2.45, 2.75) is 51.7 Å². The third kappa shape index (κ3) is 1.18. The quantitative estimate of drug-likeness (QED) is 0.636. The number of aliphatic hydroxyl groups is 2. The molecule has 2 heteroatoms. The zero-order valence-corrected chi connectivity index (χ0v) is 7.81. The Hall–Kier alpha value is -0.0800. The van der Waals surface area contributed by atoms with Gasteiger partial charge >= 0.3 is 0 Å². The average Bonchev–Trinajstić information content (AvgIpc) is 2.31. The number of rotatable bonds is 2. The Bertz CT molecular complexity index is 139. The molecule has 2 nitrogen and oxygen atoms in total. The van der Waals surface area contributed by atoms with Crippen LogP contribution >= 0.6 is 0 Å². The van der Waals surface area contributed by atoms with Gasteiger partial charge in [0, 0.05) is 5.41 Å². The topological polar surface area (TPSA) is 40.5 Å². The lowest BCUT2D eigenvalue weighted by atomic mass is 9.75. The Morgan fingerprint density at radius 2 is 1.18 bits per heavy atom. The predicted molar refractivity (Wildman–Crippen MR) is 44.3 cm³/mol. The third-order valence-corrected chi connectivity index (χ3v) is 3.09. The molecule has 0 atom stereocenters. The summed E-state index contributed by atoms with van der Waals surface area (Å²) in [7, 11) is 0. The summed E-state index contributed by atoms with van der Waals surface area (Å²) in [5.74, 6) is 0. The lowest BCUT2D eigenvalue weighted by molar-refractivity contribution is -0.108. The van der Waals surface area contributed by atoms with Crippen molar-refractivity contribution >= 4 is 0 Å². The zero-order chi connectivity index (χ0) is 8.91. The molecule has 2 N–H and O–H groups in total. The van der Waals surface area contributed by atoms with E-state index in [1.165, 1.54) is 0 Å². The van der Waals surface area contributed by atoms with E-state index in [0.717, 1.165) is 12.8 Å². The van der Waals surface area contributed by atoms with Gasteiger partial charge in [-0.2, -0.15) is 0 Å². The molecular formula is C9H18O2. The molecule has 1 aliphatic carbocycles. The molecule has 0 aromatic carbocycles. The van der Waals surface area contributed by atoms with Crippen LogP contribution in [0.5, 0.6) is 0 Å². The first-order valence-electron chi connectivity index (χ1n) is 4.15. The molecule has 1 rings (SSSR count). The second-order valence-corrected chi connectivity index (χ2v) is 4.70. The van der Waals surface area contributed by atoms with Crippen molar-refractivity contribution in [3.8, 4) is 0 Å². The minimum atomic E-state index is -0.759. The molecule has 1 aliphatic rings. The standard InChI is InChI=1S/C9H18O2/c1-7(2,10)9(5-6-9)8(3,4)11/h10-11H,5-6H2,1-4H3. The molecule has 0 aromatic rings. The summed E-state index contributed by atoms with van der Waals surface area (Å²) in [5, 5.41) is 19.6. The largest absolute Gasteiger partial charge is 0.390 e. The molecule has 0 aromatic heterocycles. The van der Waals surface area contributed by atoms with Crippen molar-refractivity contribution in [2.24, 2.45) is 5.41 Å². The molecular weight excluding hydrogens is 140 g/mol. The molecule has 0 spiro atoms. The minimum Gasteiger partial charge on any atom is -0.390 e. The van der Waals surface area contributed by atoms with Crippen LogP contribution in [0.2, 0.25) is 0 Å². The van der Waals surface area contributed by atoms with Crippen LogP contribution in [-0.2, 0) is 0 Å². The van der Waals surface area contributed by atoms with Crippen LogP contribution in [0.3, 0.4) is 0 Å². The van der Waals surface area contributed by atoms with Gasteiger partial charge in [0.1, 0.15) is 0 Å². The summed E-state index contributed by atoms with van der Waals surface area (Å²) in [4.78, 5) is 0. The van der Waals surface area contributed by atoms with Crippen molar-refractivity contribution in [3.63, 3.8) is 0 Å². The van der Waals surface area contributed by atoms with Gasteiger partial charge in [-0.15, -0.1) is 0 Å². The van der Waals surface area contributed by atoms with Crippen LogP contribution in [0, 0.1) is 5.41 Å². The highest BCUT2D eigenvalue weighted by Crippen LogP contribution is 2.60. The Kier molecular flexibility index (Phi) is 1.63. The van der Waals surface area contributed by atoms with E-state index in [4.69, 9.17) is 0 Å². The van der Waals surface area contributed by atoms with Gasteiger partial charge in [-0.1, -0.05) is 0 Å². The van der Waals surface area contributed by atoms with E-state index >= 15 is 0 Å². The number of hydrogen-bond acceptors (Lipinski definition) is 2. The summed E-state index contributed by atoms with van der Waals surface area (Å²) in [6.07, 6.45) is 1.86. The van der Waals surface area contributed by atoms with Gasteiger partial charge in [-0.25, -0.2) is 0 Å². The van der Waals surface area contributed by atoms with Crippen LogP contribution in [0.1, 0.15) is 40.5 Å². The zero-order valence-electron chi connectivity index (χ0n) is 7.81. The van der Waals surface area contributed by atoms with Crippen LogP contribution in [0.25, 0.3) is 0 Å². The maximum absolute atomic E-state index is 9.78. The van der Waals surface area contributed by atoms with Gasteiger partial charge in [0.05, 0.1) is 11.2 Å². The van der Waals surface area contributed by atoms with Crippen molar-refractivity contribution < 1.29 is 10.2 Å². The summed E-state index contributed by atoms with van der Waals surface area (Å²) in [5.41, 5.74) is -1.78. The molecule has 0 heterocycles. The van der Waals surface area contributed by atoms with Gasteiger partial charge in [0.25, 0.3) is 0 Å². The molecule has 1 saturated carbocycles. The monoisotopic (exact) mass is 158 g/mol. The van der Waals surface area contributed by atoms with Gasteiger partial charge in [-0.05, 0) is 40.5 Å². The van der Waals surface area contributed by atoms with Gasteiger partial charge in [0.2, 0.25) is 0 Å². The summed E-state index contributed by atoms with van der Waals surface area (Å²) in [6, 6.07) is 0. The van der Waals surface area contributed by atoms with E-state index in [2.05, 4.69) is 0 Å². The maximum atomic E-state index is 9.78. The van der Waals surface area contributed by atoms with E-state index in [9.17, 15) is 10.2 Å². The van der Waals surface area contributed by atoms with Crippen LogP contribution in [0.4, 0.5) is 0 Å². The first-order valence-corrected chi connectivity index (χ1v) is 4.15. The molecule has 0 unspecified atom stereocenters. The Balaban J connectivity index is 2.85. The SMILES string of the molecule is CC(C)(O)C1(C(C)(C)O)CC1. The smallest absolute Gasteiger partial charge is 0.0674 e. The summed E-state index contributed by atoms with van der Waals surface area (Å²) < 4.78 is 0. The maximum Gasteiger partial charge on any atom is 0.0674 e. The van der Waals surface area contributed by atoms with Crippen LogP contribution in [0.15, 0.2) is 0 Å². The Morgan fingerprint density at radius 1 is 0.909 bits per heavy atom. The normalized spacial score (nSPS) is 23.5. The second kappa shape index (κ2) is 1.99. The third-order valence-electron chi connectivity index (χ3n) is 3.09. The van der Waals surface area contributed by atoms with E-state index in [1.54, 1.807) is 27.7 Å². The van der Waals surface area contributed by atoms with Crippen molar-refractivity contribution in [1.82, 2.24) is 0 Å². The molecule has 0 aliphatic heterocycles. The molecule has 0 amide bonds. The van der Waals surface area contributed by atoms with Gasteiger partial charge in [0.15, 0.2) is 0 Å². The highest BCUT2D eigenvalue weighted by atomic mass is 16.3. The van der Waals surface area contributed by atoms with Gasteiger partial charge < -0.3 is 10.2 Å². The average molecular weight is 158 g/mol. The van der Waals surface area contributed by atoms with Gasteiger partial charge in [-0.3, -0.25) is 0 Å². The second-order valence-electron chi connectivity index (χ2n) is 4.70. The highest BCUT2D eigenvalue weighted by molar-refractivity contribution is 5.12. The van der Waals surface area contributed by atoms with Crippen LogP contribution < -0.4 is 0 Å². The predicted octanol–water partition coefficient (Wildman–Crippen LogP) is 1.31. The molecule has 1 fully saturated rings. The molecule has 66 valence electrons. The Morgan fingerprint density at radius 3 is 1.18 bits per heavy atom. The van der Waals surface area contributed by atoms with Crippen molar-refractivity contribution in [1.29, 1.82) is 0 Å². The lowest BCUT2D eigenvalue weighted by Gasteiger charge is -2.38. The molecule has 0 bridgehead atoms. The van der Waals surface area contributed by atoms with Crippen LogP contribution in [-0.4, -0.2) is 21.4 Å². The minimum absolute atomic E-state index is 0.264. The fourth-order valence-electron chi connectivity index (χ4n) is 2.10. The van der Waals surface area contributed by atoms with E-state index in [1.807, 2.05) is 0 Å². The molecule has 0 radical (unpaired) electrons. The van der Waals surface area contributed by atoms with Crippen molar-refractivity contribution in [2.75, 3.05) is 0 Å². The van der Waals surface area contributed by atoms with E-state index in [0.29, 0.717) is 0 Å².